The molecule has 98 valence electrons. The van der Waals surface area contributed by atoms with Crippen LogP contribution in [0.2, 0.25) is 0 Å². The van der Waals surface area contributed by atoms with Crippen molar-refractivity contribution in [2.24, 2.45) is 0 Å². The van der Waals surface area contributed by atoms with Crippen molar-refractivity contribution in [1.29, 1.82) is 0 Å². The van der Waals surface area contributed by atoms with Crippen molar-refractivity contribution in [3.05, 3.63) is 34.8 Å². The topological polar surface area (TPSA) is 75.1 Å². The van der Waals surface area contributed by atoms with Gasteiger partial charge in [-0.2, -0.15) is 0 Å². The second-order valence-corrected chi connectivity index (χ2v) is 5.36. The number of nitrogens with zero attached hydrogens (tertiary/aromatic N) is 2. The Morgan fingerprint density at radius 3 is 3.11 bits per heavy atom. The molecular formula is C12H10FN3O2S. The molecule has 2 N–H and O–H groups in total. The molecule has 2 aromatic heterocycles. The van der Waals surface area contributed by atoms with Crippen molar-refractivity contribution in [1.82, 2.24) is 9.97 Å². The molecule has 1 unspecified atom stereocenters. The minimum Gasteiger partial charge on any atom is -0.481 e. The number of hydrogen-bond donors (Lipinski definition) is 2. The zero-order valence-electron chi connectivity index (χ0n) is 9.76. The SMILES string of the molecule is O=C(O)C1CCc2sc(Nc3cncc(F)c3)nc21. The maximum atomic E-state index is 13.0. The molecule has 0 amide bonds. The normalized spacial score (nSPS) is 17.2. The van der Waals surface area contributed by atoms with Crippen LogP contribution in [0.25, 0.3) is 0 Å². The van der Waals surface area contributed by atoms with E-state index >= 15 is 0 Å². The van der Waals surface area contributed by atoms with Crippen LogP contribution in [0.5, 0.6) is 0 Å². The number of rotatable bonds is 3. The fourth-order valence-corrected chi connectivity index (χ4v) is 3.18. The van der Waals surface area contributed by atoms with Gasteiger partial charge in [0.1, 0.15) is 11.7 Å². The third-order valence-corrected chi connectivity index (χ3v) is 4.02. The van der Waals surface area contributed by atoms with Crippen LogP contribution in [0.4, 0.5) is 15.2 Å². The molecule has 0 fully saturated rings. The summed E-state index contributed by atoms with van der Waals surface area (Å²) in [6.07, 6.45) is 3.94. The Bertz CT molecular complexity index is 644. The Balaban J connectivity index is 1.85. The summed E-state index contributed by atoms with van der Waals surface area (Å²) in [5, 5.41) is 12.6. The number of aryl methyl sites for hydroxylation is 1. The number of nitrogens with one attached hydrogen (secondary N) is 1. The highest BCUT2D eigenvalue weighted by Crippen LogP contribution is 2.39. The zero-order valence-corrected chi connectivity index (χ0v) is 10.6. The first kappa shape index (κ1) is 12.0. The molecule has 5 nitrogen and oxygen atoms in total. The first-order valence-corrected chi connectivity index (χ1v) is 6.55. The molecule has 7 heteroatoms. The first-order valence-electron chi connectivity index (χ1n) is 5.73. The lowest BCUT2D eigenvalue weighted by Gasteiger charge is -2.03. The summed E-state index contributed by atoms with van der Waals surface area (Å²) >= 11 is 1.41. The number of carbonyl (C=O) groups is 1. The van der Waals surface area contributed by atoms with Crippen LogP contribution in [0.15, 0.2) is 18.5 Å². The molecule has 0 bridgehead atoms. The number of hydrogen-bond acceptors (Lipinski definition) is 5. The zero-order chi connectivity index (χ0) is 13.4. The highest BCUT2D eigenvalue weighted by molar-refractivity contribution is 7.15. The minimum absolute atomic E-state index is 0.433. The van der Waals surface area contributed by atoms with Gasteiger partial charge in [0.15, 0.2) is 5.13 Å². The molecule has 0 radical (unpaired) electrons. The molecule has 0 saturated carbocycles. The lowest BCUT2D eigenvalue weighted by molar-refractivity contribution is -0.138. The van der Waals surface area contributed by atoms with E-state index in [1.807, 2.05) is 0 Å². The summed E-state index contributed by atoms with van der Waals surface area (Å²) in [6, 6.07) is 1.31. The molecule has 0 spiro atoms. The predicted molar refractivity (Wildman–Crippen MR) is 68.3 cm³/mol. The smallest absolute Gasteiger partial charge is 0.312 e. The molecular weight excluding hydrogens is 269 g/mol. The van der Waals surface area contributed by atoms with Gasteiger partial charge >= 0.3 is 5.97 Å². The number of anilines is 2. The summed E-state index contributed by atoms with van der Waals surface area (Å²) in [5.74, 6) is -1.80. The van der Waals surface area contributed by atoms with E-state index in [1.54, 1.807) is 0 Å². The second kappa shape index (κ2) is 4.58. The molecule has 0 saturated heterocycles. The predicted octanol–water partition coefficient (Wildman–Crippen LogP) is 2.54. The van der Waals surface area contributed by atoms with Crippen molar-refractivity contribution >= 4 is 28.1 Å². The third kappa shape index (κ3) is 2.28. The standard InChI is InChI=1S/C12H10FN3O2S/c13-6-3-7(5-14-4-6)15-12-16-10-8(11(17)18)1-2-9(10)19-12/h3-5,8H,1-2H2,(H,15,16)(H,17,18). The molecule has 1 aliphatic rings. The molecule has 2 heterocycles. The Hall–Kier alpha value is -2.02. The number of carboxylic acid groups (broad SMARTS) is 1. The van der Waals surface area contributed by atoms with Crippen LogP contribution in [0.3, 0.4) is 0 Å². The Morgan fingerprint density at radius 1 is 1.53 bits per heavy atom. The van der Waals surface area contributed by atoms with E-state index in [4.69, 9.17) is 5.11 Å². The number of aliphatic carboxylic acids is 1. The van der Waals surface area contributed by atoms with Crippen molar-refractivity contribution < 1.29 is 14.3 Å². The highest BCUT2D eigenvalue weighted by Gasteiger charge is 2.32. The molecule has 2 aromatic rings. The Morgan fingerprint density at radius 2 is 2.37 bits per heavy atom. The van der Waals surface area contributed by atoms with Crippen LogP contribution in [-0.2, 0) is 11.2 Å². The van der Waals surface area contributed by atoms with Gasteiger partial charge in [0.05, 0.1) is 23.8 Å². The minimum atomic E-state index is -0.844. The van der Waals surface area contributed by atoms with Gasteiger partial charge in [-0.25, -0.2) is 9.37 Å². The fourth-order valence-electron chi connectivity index (χ4n) is 2.12. The van der Waals surface area contributed by atoms with Gasteiger partial charge in [-0.1, -0.05) is 0 Å². The van der Waals surface area contributed by atoms with E-state index in [-0.39, 0.29) is 0 Å². The molecule has 1 aliphatic carbocycles. The largest absolute Gasteiger partial charge is 0.481 e. The third-order valence-electron chi connectivity index (χ3n) is 2.97. The van der Waals surface area contributed by atoms with Gasteiger partial charge in [-0.05, 0) is 12.8 Å². The second-order valence-electron chi connectivity index (χ2n) is 4.27. The van der Waals surface area contributed by atoms with Gasteiger partial charge in [0, 0.05) is 10.9 Å². The maximum Gasteiger partial charge on any atom is 0.312 e. The van der Waals surface area contributed by atoms with Crippen LogP contribution in [-0.4, -0.2) is 21.0 Å². The lowest BCUT2D eigenvalue weighted by atomic mass is 10.1. The van der Waals surface area contributed by atoms with Crippen molar-refractivity contribution in [3.8, 4) is 0 Å². The first-order chi connectivity index (χ1) is 9.13. The molecule has 3 rings (SSSR count). The van der Waals surface area contributed by atoms with Gasteiger partial charge in [0.25, 0.3) is 0 Å². The van der Waals surface area contributed by atoms with E-state index in [0.717, 1.165) is 17.5 Å². The van der Waals surface area contributed by atoms with Crippen LogP contribution < -0.4 is 5.32 Å². The Kier molecular flexibility index (Phi) is 2.90. The quantitative estimate of drug-likeness (QED) is 0.903. The number of pyridine rings is 1. The van der Waals surface area contributed by atoms with Crippen molar-refractivity contribution in [2.45, 2.75) is 18.8 Å². The summed E-state index contributed by atoms with van der Waals surface area (Å²) in [7, 11) is 0. The van der Waals surface area contributed by atoms with E-state index < -0.39 is 17.7 Å². The summed E-state index contributed by atoms with van der Waals surface area (Å²) in [5.41, 5.74) is 1.13. The molecule has 0 aromatic carbocycles. The molecule has 19 heavy (non-hydrogen) atoms. The van der Waals surface area contributed by atoms with Crippen LogP contribution >= 0.6 is 11.3 Å². The summed E-state index contributed by atoms with van der Waals surface area (Å²) in [4.78, 5) is 20.1. The van der Waals surface area contributed by atoms with Crippen LogP contribution in [0.1, 0.15) is 22.9 Å². The van der Waals surface area contributed by atoms with E-state index in [1.165, 1.54) is 23.6 Å². The molecule has 1 atom stereocenters. The van der Waals surface area contributed by atoms with Gasteiger partial charge in [-0.15, -0.1) is 11.3 Å². The van der Waals surface area contributed by atoms with Gasteiger partial charge in [0.2, 0.25) is 0 Å². The number of carboxylic acids is 1. The van der Waals surface area contributed by atoms with Crippen molar-refractivity contribution in [3.63, 3.8) is 0 Å². The monoisotopic (exact) mass is 279 g/mol. The number of fused-ring (bicyclic) bond motifs is 1. The Labute approximate surface area is 112 Å². The maximum absolute atomic E-state index is 13.0. The highest BCUT2D eigenvalue weighted by atomic mass is 32.1. The molecule has 0 aliphatic heterocycles. The van der Waals surface area contributed by atoms with E-state index in [9.17, 15) is 9.18 Å². The van der Waals surface area contributed by atoms with E-state index in [2.05, 4.69) is 15.3 Å². The number of thiazole rings is 1. The van der Waals surface area contributed by atoms with Gasteiger partial charge in [-0.3, -0.25) is 9.78 Å². The number of aromatic nitrogens is 2. The van der Waals surface area contributed by atoms with Gasteiger partial charge < -0.3 is 10.4 Å². The van der Waals surface area contributed by atoms with Crippen molar-refractivity contribution in [2.75, 3.05) is 5.32 Å². The fraction of sp³-hybridized carbons (Fsp3) is 0.250. The average molecular weight is 279 g/mol. The average Bonchev–Trinajstić information content (AvgIpc) is 2.87. The van der Waals surface area contributed by atoms with Crippen LogP contribution in [0, 0.1) is 5.82 Å². The lowest BCUT2D eigenvalue weighted by Crippen LogP contribution is -2.08. The number of halogens is 1. The summed E-state index contributed by atoms with van der Waals surface area (Å²) < 4.78 is 13.0. The van der Waals surface area contributed by atoms with E-state index in [0.29, 0.717) is 22.9 Å². The summed E-state index contributed by atoms with van der Waals surface area (Å²) in [6.45, 7) is 0.